The molecule has 2 aromatic heterocycles. The number of para-hydroxylation sites is 2. The summed E-state index contributed by atoms with van der Waals surface area (Å²) in [6.07, 6.45) is 0. The Morgan fingerprint density at radius 2 is 0.800 bits per heavy atom. The molecule has 0 amide bonds. The lowest BCUT2D eigenvalue weighted by Crippen LogP contribution is -2.02. The average Bonchev–Trinajstić information content (AvgIpc) is 3.65. The molecule has 0 unspecified atom stereocenters. The summed E-state index contributed by atoms with van der Waals surface area (Å²) in [6.45, 7) is 0. The molecule has 256 valence electrons. The van der Waals surface area contributed by atoms with Crippen LogP contribution in [0.4, 0.5) is 0 Å². The third-order valence-electron chi connectivity index (χ3n) is 10.7. The molecule has 0 aliphatic heterocycles. The second-order valence-electron chi connectivity index (χ2n) is 13.9. The molecule has 0 radical (unpaired) electrons. The van der Waals surface area contributed by atoms with Gasteiger partial charge in [-0.25, -0.2) is 15.0 Å². The zero-order chi connectivity index (χ0) is 36.3. The molecule has 0 fully saturated rings. The van der Waals surface area contributed by atoms with Crippen LogP contribution in [0.3, 0.4) is 0 Å². The van der Waals surface area contributed by atoms with Gasteiger partial charge in [0.25, 0.3) is 0 Å². The Balaban J connectivity index is 1.21. The number of furan rings is 1. The molecule has 0 saturated carbocycles. The van der Waals surface area contributed by atoms with Crippen LogP contribution in [-0.4, -0.2) is 15.0 Å². The van der Waals surface area contributed by atoms with E-state index in [9.17, 15) is 0 Å². The number of benzene rings is 9. The Morgan fingerprint density at radius 3 is 1.62 bits per heavy atom. The minimum absolute atomic E-state index is 0.555. The molecule has 0 aliphatic carbocycles. The maximum atomic E-state index is 6.55. The Morgan fingerprint density at radius 1 is 0.291 bits per heavy atom. The Labute approximate surface area is 317 Å². The van der Waals surface area contributed by atoms with Gasteiger partial charge in [-0.05, 0) is 61.3 Å². The van der Waals surface area contributed by atoms with Crippen molar-refractivity contribution >= 4 is 54.3 Å². The predicted molar refractivity (Wildman–Crippen MR) is 227 cm³/mol. The van der Waals surface area contributed by atoms with Gasteiger partial charge in [0.05, 0.1) is 5.56 Å². The molecule has 2 heterocycles. The highest BCUT2D eigenvalue weighted by molar-refractivity contribution is 6.14. The van der Waals surface area contributed by atoms with Crippen molar-refractivity contribution < 1.29 is 4.42 Å². The van der Waals surface area contributed by atoms with E-state index < -0.39 is 0 Å². The van der Waals surface area contributed by atoms with Crippen molar-refractivity contribution in [3.05, 3.63) is 188 Å². The second kappa shape index (κ2) is 12.6. The standard InChI is InChI=1S/C51H31N3O/c1-2-14-32(15-3-1)37-24-10-17-34-18-11-25-40(46(34)37)38-21-6-7-23-42(38)49-52-50(43-27-12-19-35-31-30-33-16-4-5-20-36(33)47(35)43)54-51(53-49)44-28-13-26-41-39-22-8-9-29-45(39)55-48(41)44/h1-31H. The van der Waals surface area contributed by atoms with Crippen LogP contribution in [0.25, 0.3) is 111 Å². The van der Waals surface area contributed by atoms with Crippen LogP contribution >= 0.6 is 0 Å². The quantitative estimate of drug-likeness (QED) is 0.168. The molecule has 0 aliphatic rings. The number of aromatic nitrogens is 3. The van der Waals surface area contributed by atoms with Gasteiger partial charge in [-0.15, -0.1) is 0 Å². The molecular formula is C51H31N3O. The van der Waals surface area contributed by atoms with Crippen LogP contribution < -0.4 is 0 Å². The third kappa shape index (κ3) is 5.11. The number of nitrogens with zero attached hydrogens (tertiary/aromatic N) is 3. The predicted octanol–water partition coefficient (Wildman–Crippen LogP) is 13.6. The molecule has 4 heteroatoms. The van der Waals surface area contributed by atoms with Gasteiger partial charge < -0.3 is 4.42 Å². The Hall–Kier alpha value is -7.43. The summed E-state index contributed by atoms with van der Waals surface area (Å²) in [5.74, 6) is 1.75. The van der Waals surface area contributed by atoms with Crippen LogP contribution in [0, 0.1) is 0 Å². The first-order valence-corrected chi connectivity index (χ1v) is 18.5. The van der Waals surface area contributed by atoms with E-state index in [-0.39, 0.29) is 0 Å². The first kappa shape index (κ1) is 31.1. The van der Waals surface area contributed by atoms with Crippen LogP contribution in [-0.2, 0) is 0 Å². The van der Waals surface area contributed by atoms with E-state index in [1.165, 1.54) is 27.3 Å². The van der Waals surface area contributed by atoms with Gasteiger partial charge in [0, 0.05) is 27.3 Å². The van der Waals surface area contributed by atoms with E-state index in [1.54, 1.807) is 0 Å². The van der Waals surface area contributed by atoms with E-state index in [4.69, 9.17) is 19.4 Å². The van der Waals surface area contributed by atoms with Crippen molar-refractivity contribution in [3.8, 4) is 56.4 Å². The highest BCUT2D eigenvalue weighted by Gasteiger charge is 2.21. The summed E-state index contributed by atoms with van der Waals surface area (Å²) in [5.41, 5.74) is 8.79. The molecule has 55 heavy (non-hydrogen) atoms. The fourth-order valence-corrected chi connectivity index (χ4v) is 8.24. The smallest absolute Gasteiger partial charge is 0.167 e. The van der Waals surface area contributed by atoms with Crippen molar-refractivity contribution in [2.45, 2.75) is 0 Å². The molecule has 11 rings (SSSR count). The van der Waals surface area contributed by atoms with Gasteiger partial charge in [0.1, 0.15) is 11.2 Å². The molecular weight excluding hydrogens is 671 g/mol. The van der Waals surface area contributed by atoms with Crippen molar-refractivity contribution in [2.24, 2.45) is 0 Å². The van der Waals surface area contributed by atoms with Crippen molar-refractivity contribution in [3.63, 3.8) is 0 Å². The van der Waals surface area contributed by atoms with Crippen LogP contribution in [0.5, 0.6) is 0 Å². The molecule has 4 nitrogen and oxygen atoms in total. The topological polar surface area (TPSA) is 51.8 Å². The summed E-state index contributed by atoms with van der Waals surface area (Å²) in [5, 5.41) is 9.00. The fourth-order valence-electron chi connectivity index (χ4n) is 8.24. The maximum absolute atomic E-state index is 6.55. The normalized spacial score (nSPS) is 11.6. The lowest BCUT2D eigenvalue weighted by Gasteiger charge is -2.16. The zero-order valence-corrected chi connectivity index (χ0v) is 29.6. The van der Waals surface area contributed by atoms with Crippen molar-refractivity contribution in [1.82, 2.24) is 15.0 Å². The number of hydrogen-bond donors (Lipinski definition) is 0. The van der Waals surface area contributed by atoms with Gasteiger partial charge in [-0.3, -0.25) is 0 Å². The number of rotatable bonds is 5. The molecule has 0 atom stereocenters. The minimum atomic E-state index is 0.555. The van der Waals surface area contributed by atoms with Gasteiger partial charge in [-0.2, -0.15) is 0 Å². The fraction of sp³-hybridized carbons (Fsp3) is 0. The lowest BCUT2D eigenvalue weighted by molar-refractivity contribution is 0.669. The molecule has 0 saturated heterocycles. The first-order valence-electron chi connectivity index (χ1n) is 18.5. The van der Waals surface area contributed by atoms with Gasteiger partial charge in [-0.1, -0.05) is 176 Å². The van der Waals surface area contributed by atoms with Crippen LogP contribution in [0.15, 0.2) is 192 Å². The number of hydrogen-bond acceptors (Lipinski definition) is 4. The summed E-state index contributed by atoms with van der Waals surface area (Å²) in [7, 11) is 0. The van der Waals surface area contributed by atoms with Crippen LogP contribution in [0.1, 0.15) is 0 Å². The summed E-state index contributed by atoms with van der Waals surface area (Å²) in [4.78, 5) is 16.0. The first-order chi connectivity index (χ1) is 27.3. The van der Waals surface area contributed by atoms with Gasteiger partial charge in [0.15, 0.2) is 17.5 Å². The van der Waals surface area contributed by atoms with Crippen molar-refractivity contribution in [1.29, 1.82) is 0 Å². The average molecular weight is 702 g/mol. The summed E-state index contributed by atoms with van der Waals surface area (Å²) >= 11 is 0. The second-order valence-corrected chi connectivity index (χ2v) is 13.9. The highest BCUT2D eigenvalue weighted by atomic mass is 16.3. The number of fused-ring (bicyclic) bond motifs is 7. The van der Waals surface area contributed by atoms with E-state index in [1.807, 2.05) is 18.2 Å². The maximum Gasteiger partial charge on any atom is 0.167 e. The summed E-state index contributed by atoms with van der Waals surface area (Å²) < 4.78 is 6.55. The van der Waals surface area contributed by atoms with Gasteiger partial charge in [0.2, 0.25) is 0 Å². The lowest BCUT2D eigenvalue weighted by atomic mass is 9.89. The van der Waals surface area contributed by atoms with E-state index in [0.29, 0.717) is 17.5 Å². The van der Waals surface area contributed by atoms with Crippen LogP contribution in [0.2, 0.25) is 0 Å². The highest BCUT2D eigenvalue weighted by Crippen LogP contribution is 2.42. The van der Waals surface area contributed by atoms with E-state index >= 15 is 0 Å². The van der Waals surface area contributed by atoms with Gasteiger partial charge >= 0.3 is 0 Å². The molecule has 0 bridgehead atoms. The monoisotopic (exact) mass is 701 g/mol. The van der Waals surface area contributed by atoms with E-state index in [0.717, 1.165) is 65.9 Å². The zero-order valence-electron chi connectivity index (χ0n) is 29.6. The Kier molecular flexibility index (Phi) is 7.14. The molecule has 0 spiro atoms. The largest absolute Gasteiger partial charge is 0.455 e. The van der Waals surface area contributed by atoms with Crippen molar-refractivity contribution in [2.75, 3.05) is 0 Å². The Bertz CT molecular complexity index is 3270. The van der Waals surface area contributed by atoms with E-state index in [2.05, 4.69) is 170 Å². The molecule has 11 aromatic rings. The molecule has 9 aromatic carbocycles. The molecule has 0 N–H and O–H groups in total. The SMILES string of the molecule is c1ccc(-c2cccc3cccc(-c4ccccc4-c4nc(-c5cccc6c5oc5ccccc56)nc(-c5cccc6ccc7ccccc7c56)n4)c23)cc1. The third-order valence-corrected chi connectivity index (χ3v) is 10.7. The summed E-state index contributed by atoms with van der Waals surface area (Å²) in [6, 6.07) is 65.7. The minimum Gasteiger partial charge on any atom is -0.455 e.